The Balaban J connectivity index is 2.08. The van der Waals surface area contributed by atoms with Crippen LogP contribution in [-0.4, -0.2) is 21.4 Å². The van der Waals surface area contributed by atoms with E-state index in [2.05, 4.69) is 0 Å². The van der Waals surface area contributed by atoms with Gasteiger partial charge >= 0.3 is 5.97 Å². The van der Waals surface area contributed by atoms with E-state index in [0.717, 1.165) is 18.5 Å². The number of carboxylic acids is 1. The molecule has 4 heteroatoms. The SMILES string of the molecule is CC(=O)c1cccn1C1CCC(C(=O)O)CC1. The Morgan fingerprint density at radius 3 is 2.47 bits per heavy atom. The highest BCUT2D eigenvalue weighted by Crippen LogP contribution is 2.33. The molecule has 0 amide bonds. The molecule has 1 aromatic heterocycles. The number of aliphatic carboxylic acids is 1. The molecule has 4 nitrogen and oxygen atoms in total. The average Bonchev–Trinajstić information content (AvgIpc) is 2.78. The molecule has 0 saturated heterocycles. The van der Waals surface area contributed by atoms with E-state index in [9.17, 15) is 9.59 Å². The summed E-state index contributed by atoms with van der Waals surface area (Å²) in [6.07, 6.45) is 5.01. The molecule has 1 aliphatic carbocycles. The number of nitrogens with zero attached hydrogens (tertiary/aromatic N) is 1. The van der Waals surface area contributed by atoms with Crippen molar-refractivity contribution in [2.45, 2.75) is 38.6 Å². The first-order chi connectivity index (χ1) is 8.09. The smallest absolute Gasteiger partial charge is 0.306 e. The Hall–Kier alpha value is -1.58. The summed E-state index contributed by atoms with van der Waals surface area (Å²) in [4.78, 5) is 22.3. The van der Waals surface area contributed by atoms with Crippen molar-refractivity contribution >= 4 is 11.8 Å². The number of carboxylic acid groups (broad SMARTS) is 1. The predicted octanol–water partition coefficient (Wildman–Crippen LogP) is 2.51. The molecule has 0 aliphatic heterocycles. The van der Waals surface area contributed by atoms with Crippen LogP contribution in [0.15, 0.2) is 18.3 Å². The lowest BCUT2D eigenvalue weighted by Gasteiger charge is -2.28. The molecule has 0 atom stereocenters. The number of carbonyl (C=O) groups is 2. The maximum atomic E-state index is 11.4. The first kappa shape index (κ1) is 11.9. The van der Waals surface area contributed by atoms with E-state index in [4.69, 9.17) is 5.11 Å². The molecular formula is C13H17NO3. The molecule has 1 aliphatic rings. The molecule has 1 N–H and O–H groups in total. The third kappa shape index (κ3) is 2.40. The van der Waals surface area contributed by atoms with E-state index in [1.165, 1.54) is 0 Å². The Kier molecular flexibility index (Phi) is 3.31. The van der Waals surface area contributed by atoms with Gasteiger partial charge in [0, 0.05) is 19.2 Å². The Labute approximate surface area is 100 Å². The minimum Gasteiger partial charge on any atom is -0.481 e. The minimum atomic E-state index is -0.692. The maximum Gasteiger partial charge on any atom is 0.306 e. The van der Waals surface area contributed by atoms with Crippen molar-refractivity contribution < 1.29 is 14.7 Å². The van der Waals surface area contributed by atoms with Crippen LogP contribution >= 0.6 is 0 Å². The van der Waals surface area contributed by atoms with E-state index in [1.807, 2.05) is 22.9 Å². The first-order valence-corrected chi connectivity index (χ1v) is 6.00. The summed E-state index contributed by atoms with van der Waals surface area (Å²) in [6.45, 7) is 1.56. The average molecular weight is 235 g/mol. The van der Waals surface area contributed by atoms with Crippen molar-refractivity contribution in [3.8, 4) is 0 Å². The highest BCUT2D eigenvalue weighted by atomic mass is 16.4. The second-order valence-electron chi connectivity index (χ2n) is 4.70. The minimum absolute atomic E-state index is 0.0651. The van der Waals surface area contributed by atoms with Gasteiger partial charge in [0.05, 0.1) is 11.6 Å². The number of hydrogen-bond acceptors (Lipinski definition) is 2. The van der Waals surface area contributed by atoms with E-state index < -0.39 is 5.97 Å². The Bertz CT molecular complexity index is 428. The zero-order valence-corrected chi connectivity index (χ0v) is 9.93. The van der Waals surface area contributed by atoms with Gasteiger partial charge in [-0.3, -0.25) is 9.59 Å². The van der Waals surface area contributed by atoms with Gasteiger partial charge in [-0.25, -0.2) is 0 Å². The summed E-state index contributed by atoms with van der Waals surface area (Å²) in [7, 11) is 0. The van der Waals surface area contributed by atoms with Crippen molar-refractivity contribution in [3.63, 3.8) is 0 Å². The fourth-order valence-electron chi connectivity index (χ4n) is 2.61. The van der Waals surface area contributed by atoms with E-state index in [0.29, 0.717) is 12.8 Å². The highest BCUT2D eigenvalue weighted by molar-refractivity contribution is 5.92. The maximum absolute atomic E-state index is 11.4. The molecule has 92 valence electrons. The van der Waals surface area contributed by atoms with Gasteiger partial charge in [-0.15, -0.1) is 0 Å². The first-order valence-electron chi connectivity index (χ1n) is 6.00. The van der Waals surface area contributed by atoms with Crippen molar-refractivity contribution in [2.75, 3.05) is 0 Å². The van der Waals surface area contributed by atoms with Crippen LogP contribution in [-0.2, 0) is 4.79 Å². The van der Waals surface area contributed by atoms with E-state index in [-0.39, 0.29) is 17.7 Å². The van der Waals surface area contributed by atoms with Crippen LogP contribution in [0.4, 0.5) is 0 Å². The number of ketones is 1. The molecule has 0 spiro atoms. The molecule has 17 heavy (non-hydrogen) atoms. The zero-order chi connectivity index (χ0) is 12.4. The molecule has 1 saturated carbocycles. The van der Waals surface area contributed by atoms with Crippen LogP contribution in [0.1, 0.15) is 49.1 Å². The van der Waals surface area contributed by atoms with Crippen LogP contribution in [0.5, 0.6) is 0 Å². The standard InChI is InChI=1S/C13H17NO3/c1-9(15)12-3-2-8-14(12)11-6-4-10(5-7-11)13(16)17/h2-3,8,10-11H,4-7H2,1H3,(H,16,17). The molecular weight excluding hydrogens is 218 g/mol. The van der Waals surface area contributed by atoms with Crippen LogP contribution in [0.3, 0.4) is 0 Å². The number of Topliss-reactive ketones (excluding diaryl/α,β-unsaturated/α-hetero) is 1. The number of aromatic nitrogens is 1. The number of rotatable bonds is 3. The second kappa shape index (κ2) is 4.73. The lowest BCUT2D eigenvalue weighted by Crippen LogP contribution is -2.24. The third-order valence-corrected chi connectivity index (χ3v) is 3.58. The van der Waals surface area contributed by atoms with Gasteiger partial charge in [0.1, 0.15) is 0 Å². The van der Waals surface area contributed by atoms with Crippen molar-refractivity contribution in [1.82, 2.24) is 4.57 Å². The van der Waals surface area contributed by atoms with E-state index >= 15 is 0 Å². The van der Waals surface area contributed by atoms with Gasteiger partial charge in [0.15, 0.2) is 5.78 Å². The summed E-state index contributed by atoms with van der Waals surface area (Å²) in [6, 6.07) is 3.98. The molecule has 1 aromatic rings. The summed E-state index contributed by atoms with van der Waals surface area (Å²) in [5.74, 6) is -0.833. The Morgan fingerprint density at radius 2 is 1.94 bits per heavy atom. The summed E-state index contributed by atoms with van der Waals surface area (Å²) in [5.41, 5.74) is 0.726. The fraction of sp³-hybridized carbons (Fsp3) is 0.538. The van der Waals surface area contributed by atoms with Crippen LogP contribution in [0, 0.1) is 5.92 Å². The summed E-state index contributed by atoms with van der Waals surface area (Å²) >= 11 is 0. The molecule has 0 unspecified atom stereocenters. The third-order valence-electron chi connectivity index (χ3n) is 3.58. The number of carbonyl (C=O) groups excluding carboxylic acids is 1. The summed E-state index contributed by atoms with van der Waals surface area (Å²) < 4.78 is 2.00. The van der Waals surface area contributed by atoms with Gasteiger partial charge in [0.25, 0.3) is 0 Å². The summed E-state index contributed by atoms with van der Waals surface area (Å²) in [5, 5.41) is 8.94. The lowest BCUT2D eigenvalue weighted by molar-refractivity contribution is -0.143. The van der Waals surface area contributed by atoms with Crippen molar-refractivity contribution in [1.29, 1.82) is 0 Å². The normalized spacial score (nSPS) is 24.5. The largest absolute Gasteiger partial charge is 0.481 e. The second-order valence-corrected chi connectivity index (χ2v) is 4.70. The lowest BCUT2D eigenvalue weighted by atomic mass is 9.86. The van der Waals surface area contributed by atoms with Gasteiger partial charge in [-0.1, -0.05) is 0 Å². The van der Waals surface area contributed by atoms with Crippen molar-refractivity contribution in [2.24, 2.45) is 5.92 Å². The molecule has 0 radical (unpaired) electrons. The monoisotopic (exact) mass is 235 g/mol. The van der Waals surface area contributed by atoms with Gasteiger partial charge < -0.3 is 9.67 Å². The topological polar surface area (TPSA) is 59.3 Å². The Morgan fingerprint density at radius 1 is 1.29 bits per heavy atom. The molecule has 2 rings (SSSR count). The van der Waals surface area contributed by atoms with Crippen LogP contribution in [0.2, 0.25) is 0 Å². The van der Waals surface area contributed by atoms with E-state index in [1.54, 1.807) is 6.92 Å². The number of hydrogen-bond donors (Lipinski definition) is 1. The highest BCUT2D eigenvalue weighted by Gasteiger charge is 2.27. The predicted molar refractivity (Wildman–Crippen MR) is 63.1 cm³/mol. The molecule has 1 fully saturated rings. The molecule has 0 aromatic carbocycles. The van der Waals surface area contributed by atoms with Crippen LogP contribution in [0.25, 0.3) is 0 Å². The van der Waals surface area contributed by atoms with Gasteiger partial charge in [0.2, 0.25) is 0 Å². The molecule has 1 heterocycles. The fourth-order valence-corrected chi connectivity index (χ4v) is 2.61. The van der Waals surface area contributed by atoms with Gasteiger partial charge in [-0.2, -0.15) is 0 Å². The van der Waals surface area contributed by atoms with Crippen molar-refractivity contribution in [3.05, 3.63) is 24.0 Å². The quantitative estimate of drug-likeness (QED) is 0.819. The van der Waals surface area contributed by atoms with Crippen LogP contribution < -0.4 is 0 Å². The zero-order valence-electron chi connectivity index (χ0n) is 9.93. The molecule has 0 bridgehead atoms. The van der Waals surface area contributed by atoms with Gasteiger partial charge in [-0.05, 0) is 37.8 Å².